The van der Waals surface area contributed by atoms with Gasteiger partial charge in [0.2, 0.25) is 0 Å². The largest absolute Gasteiger partial charge is 0.0955 e. The van der Waals surface area contributed by atoms with Gasteiger partial charge < -0.3 is 0 Å². The molecular formula is C26H21Br. The first-order valence-electron chi connectivity index (χ1n) is 9.43. The highest BCUT2D eigenvalue weighted by molar-refractivity contribution is 9.10. The first-order chi connectivity index (χ1) is 13.1. The van der Waals surface area contributed by atoms with Crippen LogP contribution >= 0.6 is 15.9 Å². The summed E-state index contributed by atoms with van der Waals surface area (Å²) in [6.07, 6.45) is 9.78. The maximum Gasteiger partial charge on any atom is 0.0663 e. The van der Waals surface area contributed by atoms with E-state index in [0.29, 0.717) is 0 Å². The van der Waals surface area contributed by atoms with E-state index in [-0.39, 0.29) is 5.41 Å². The van der Waals surface area contributed by atoms with Crippen molar-refractivity contribution in [2.45, 2.75) is 25.7 Å². The van der Waals surface area contributed by atoms with Gasteiger partial charge in [0.1, 0.15) is 0 Å². The predicted octanol–water partition coefficient (Wildman–Crippen LogP) is 7.38. The van der Waals surface area contributed by atoms with Gasteiger partial charge in [-0.2, -0.15) is 0 Å². The second kappa shape index (κ2) is 5.81. The van der Waals surface area contributed by atoms with Gasteiger partial charge >= 0.3 is 0 Å². The Balaban J connectivity index is 1.98. The van der Waals surface area contributed by atoms with E-state index >= 15 is 0 Å². The quantitative estimate of drug-likeness (QED) is 0.458. The van der Waals surface area contributed by atoms with Crippen LogP contribution in [0.1, 0.15) is 42.5 Å². The fraction of sp³-hybridized carbons (Fsp3) is 0.154. The van der Waals surface area contributed by atoms with Crippen molar-refractivity contribution >= 4 is 27.1 Å². The predicted molar refractivity (Wildman–Crippen MR) is 119 cm³/mol. The molecule has 1 heteroatoms. The standard InChI is InChI=1S/C26H21Br/c1-4-8-18-17(3)26(25-21(18)10-7-12-24(25)27)22-11-6-5-9-19(22)20-14-13-16(2)15-23(20)26/h4-14H,2,15H2,1,3H3/b8-4-. The lowest BCUT2D eigenvalue weighted by Gasteiger charge is -2.35. The molecule has 0 nitrogen and oxygen atoms in total. The summed E-state index contributed by atoms with van der Waals surface area (Å²) in [4.78, 5) is 0. The van der Waals surface area contributed by atoms with Crippen molar-refractivity contribution in [3.05, 3.63) is 117 Å². The van der Waals surface area contributed by atoms with E-state index in [0.717, 1.165) is 6.42 Å². The number of hydrogen-bond acceptors (Lipinski definition) is 0. The number of hydrogen-bond donors (Lipinski definition) is 0. The van der Waals surface area contributed by atoms with Gasteiger partial charge in [-0.25, -0.2) is 0 Å². The molecule has 0 radical (unpaired) electrons. The highest BCUT2D eigenvalue weighted by Gasteiger charge is 2.53. The van der Waals surface area contributed by atoms with E-state index < -0.39 is 0 Å². The third-order valence-electron chi connectivity index (χ3n) is 6.27. The highest BCUT2D eigenvalue weighted by Crippen LogP contribution is 2.64. The van der Waals surface area contributed by atoms with Crippen molar-refractivity contribution in [1.82, 2.24) is 0 Å². The molecule has 0 bridgehead atoms. The van der Waals surface area contributed by atoms with Gasteiger partial charge in [0.05, 0.1) is 5.41 Å². The van der Waals surface area contributed by atoms with Crippen LogP contribution in [0.5, 0.6) is 0 Å². The molecule has 0 fully saturated rings. The van der Waals surface area contributed by atoms with Gasteiger partial charge in [0.15, 0.2) is 0 Å². The summed E-state index contributed by atoms with van der Waals surface area (Å²) >= 11 is 3.91. The first-order valence-corrected chi connectivity index (χ1v) is 10.2. The summed E-state index contributed by atoms with van der Waals surface area (Å²) in [7, 11) is 0. The van der Waals surface area contributed by atoms with Crippen LogP contribution in [0.15, 0.2) is 94.5 Å². The second-order valence-corrected chi connectivity index (χ2v) is 8.41. The Morgan fingerprint density at radius 3 is 2.63 bits per heavy atom. The van der Waals surface area contributed by atoms with Gasteiger partial charge in [0, 0.05) is 4.47 Å². The molecule has 1 atom stereocenters. The van der Waals surface area contributed by atoms with Crippen LogP contribution in [0.25, 0.3) is 11.1 Å². The summed E-state index contributed by atoms with van der Waals surface area (Å²) < 4.78 is 1.18. The van der Waals surface area contributed by atoms with Crippen molar-refractivity contribution in [1.29, 1.82) is 0 Å². The van der Waals surface area contributed by atoms with Crippen LogP contribution in [-0.2, 0) is 5.41 Å². The molecule has 2 aromatic carbocycles. The average Bonchev–Trinajstić information content (AvgIpc) is 3.09. The van der Waals surface area contributed by atoms with Crippen LogP contribution in [0.4, 0.5) is 0 Å². The summed E-state index contributed by atoms with van der Waals surface area (Å²) in [6, 6.07) is 15.5. The molecule has 0 aromatic heterocycles. The SMILES string of the molecule is C=C1C=CC2=C(C1)C1(C(C)=C(/C=C\C)c3cccc(Br)c31)c1ccccc12. The first kappa shape index (κ1) is 16.8. The topological polar surface area (TPSA) is 0 Å². The van der Waals surface area contributed by atoms with E-state index in [1.807, 2.05) is 0 Å². The molecule has 27 heavy (non-hydrogen) atoms. The molecule has 3 aliphatic rings. The Hall–Kier alpha value is -2.38. The van der Waals surface area contributed by atoms with Crippen molar-refractivity contribution < 1.29 is 0 Å². The van der Waals surface area contributed by atoms with Gasteiger partial charge in [-0.1, -0.05) is 88.8 Å². The maximum atomic E-state index is 4.29. The fourth-order valence-corrected chi connectivity index (χ4v) is 5.96. The highest BCUT2D eigenvalue weighted by atomic mass is 79.9. The Kier molecular flexibility index (Phi) is 3.61. The van der Waals surface area contributed by atoms with Gasteiger partial charge in [-0.15, -0.1) is 0 Å². The van der Waals surface area contributed by atoms with E-state index in [9.17, 15) is 0 Å². The Labute approximate surface area is 169 Å². The second-order valence-electron chi connectivity index (χ2n) is 7.56. The van der Waals surface area contributed by atoms with Crippen LogP contribution in [0, 0.1) is 0 Å². The third kappa shape index (κ3) is 1.98. The summed E-state index contributed by atoms with van der Waals surface area (Å²) in [5, 5.41) is 0. The lowest BCUT2D eigenvalue weighted by Crippen LogP contribution is -2.28. The molecule has 0 saturated heterocycles. The minimum absolute atomic E-state index is 0.204. The molecule has 0 N–H and O–H groups in total. The third-order valence-corrected chi connectivity index (χ3v) is 6.93. The average molecular weight is 413 g/mol. The van der Waals surface area contributed by atoms with Crippen molar-refractivity contribution in [2.24, 2.45) is 0 Å². The van der Waals surface area contributed by atoms with E-state index in [2.05, 4.69) is 103 Å². The normalized spacial score (nSPS) is 22.9. The van der Waals surface area contributed by atoms with E-state index in [4.69, 9.17) is 0 Å². The molecular weight excluding hydrogens is 392 g/mol. The molecule has 0 aliphatic heterocycles. The van der Waals surface area contributed by atoms with E-state index in [1.54, 1.807) is 0 Å². The van der Waals surface area contributed by atoms with Crippen LogP contribution in [-0.4, -0.2) is 0 Å². The van der Waals surface area contributed by atoms with Crippen molar-refractivity contribution in [3.63, 3.8) is 0 Å². The minimum Gasteiger partial charge on any atom is -0.0955 e. The molecule has 132 valence electrons. The lowest BCUT2D eigenvalue weighted by atomic mass is 9.67. The van der Waals surface area contributed by atoms with Gasteiger partial charge in [-0.05, 0) is 70.9 Å². The van der Waals surface area contributed by atoms with E-state index in [1.165, 1.54) is 54.6 Å². The number of halogens is 1. The molecule has 1 spiro atoms. The van der Waals surface area contributed by atoms with Crippen molar-refractivity contribution in [2.75, 3.05) is 0 Å². The van der Waals surface area contributed by atoms with Crippen LogP contribution in [0.3, 0.4) is 0 Å². The Bertz CT molecular complexity index is 1140. The van der Waals surface area contributed by atoms with Gasteiger partial charge in [-0.3, -0.25) is 0 Å². The zero-order valence-electron chi connectivity index (χ0n) is 15.6. The number of fused-ring (bicyclic) bond motifs is 6. The number of allylic oxidation sites excluding steroid dienone is 9. The Morgan fingerprint density at radius 2 is 1.81 bits per heavy atom. The summed E-state index contributed by atoms with van der Waals surface area (Å²) in [5.41, 5.74) is 12.1. The molecule has 5 rings (SSSR count). The van der Waals surface area contributed by atoms with Crippen LogP contribution in [0.2, 0.25) is 0 Å². The van der Waals surface area contributed by atoms with Crippen molar-refractivity contribution in [3.8, 4) is 0 Å². The Morgan fingerprint density at radius 1 is 1.04 bits per heavy atom. The molecule has 0 heterocycles. The smallest absolute Gasteiger partial charge is 0.0663 e. The monoisotopic (exact) mass is 412 g/mol. The zero-order chi connectivity index (χ0) is 18.8. The summed E-state index contributed by atoms with van der Waals surface area (Å²) in [5.74, 6) is 0. The van der Waals surface area contributed by atoms with Gasteiger partial charge in [0.25, 0.3) is 0 Å². The summed E-state index contributed by atoms with van der Waals surface area (Å²) in [6.45, 7) is 8.70. The molecule has 2 aromatic rings. The molecule has 0 saturated carbocycles. The zero-order valence-corrected chi connectivity index (χ0v) is 17.2. The minimum atomic E-state index is -0.204. The molecule has 1 unspecified atom stereocenters. The van der Waals surface area contributed by atoms with Crippen LogP contribution < -0.4 is 0 Å². The number of benzene rings is 2. The lowest BCUT2D eigenvalue weighted by molar-refractivity contribution is 0.715. The fourth-order valence-electron chi connectivity index (χ4n) is 5.29. The molecule has 0 amide bonds. The number of rotatable bonds is 1. The maximum absolute atomic E-state index is 4.29. The molecule has 3 aliphatic carbocycles.